The summed E-state index contributed by atoms with van der Waals surface area (Å²) in [6.07, 6.45) is 4.12. The molecule has 0 aromatic carbocycles. The lowest BCUT2D eigenvalue weighted by molar-refractivity contribution is 0.419. The smallest absolute Gasteiger partial charge is 0.160 e. The van der Waals surface area contributed by atoms with Crippen molar-refractivity contribution in [1.82, 2.24) is 9.78 Å². The van der Waals surface area contributed by atoms with Crippen LogP contribution in [-0.2, 0) is 18.4 Å². The lowest BCUT2D eigenvalue weighted by Gasteiger charge is -2.20. The van der Waals surface area contributed by atoms with Gasteiger partial charge in [0.2, 0.25) is 0 Å². The molecule has 1 heterocycles. The van der Waals surface area contributed by atoms with Crippen molar-refractivity contribution in [2.24, 2.45) is 0 Å². The number of unbranched alkanes of at least 4 members (excludes halogenated alkanes) is 1. The van der Waals surface area contributed by atoms with E-state index in [-0.39, 0.29) is 5.41 Å². The molecular formula is C14H26N2O. The normalized spacial score (nSPS) is 12.1. The predicted octanol–water partition coefficient (Wildman–Crippen LogP) is 3.64. The van der Waals surface area contributed by atoms with Crippen molar-refractivity contribution in [1.29, 1.82) is 0 Å². The molecule has 0 radical (unpaired) electrons. The highest BCUT2D eigenvalue weighted by Crippen LogP contribution is 2.34. The first-order valence-electron chi connectivity index (χ1n) is 6.70. The minimum Gasteiger partial charge on any atom is -0.504 e. The van der Waals surface area contributed by atoms with Crippen LogP contribution in [0.15, 0.2) is 0 Å². The fourth-order valence-electron chi connectivity index (χ4n) is 2.12. The summed E-state index contributed by atoms with van der Waals surface area (Å²) in [7, 11) is 0. The van der Waals surface area contributed by atoms with Crippen molar-refractivity contribution in [2.45, 2.75) is 72.3 Å². The molecule has 0 bridgehead atoms. The quantitative estimate of drug-likeness (QED) is 0.850. The van der Waals surface area contributed by atoms with Crippen molar-refractivity contribution < 1.29 is 5.11 Å². The molecule has 0 aliphatic carbocycles. The minimum absolute atomic E-state index is 0.0587. The van der Waals surface area contributed by atoms with Crippen molar-refractivity contribution in [3.63, 3.8) is 0 Å². The Labute approximate surface area is 105 Å². The van der Waals surface area contributed by atoms with Crippen LogP contribution in [0.25, 0.3) is 0 Å². The Morgan fingerprint density at radius 2 is 1.82 bits per heavy atom. The average Bonchev–Trinajstić information content (AvgIpc) is 2.53. The van der Waals surface area contributed by atoms with Gasteiger partial charge in [-0.2, -0.15) is 5.10 Å². The van der Waals surface area contributed by atoms with Crippen LogP contribution in [-0.4, -0.2) is 14.9 Å². The molecule has 1 N–H and O–H groups in total. The van der Waals surface area contributed by atoms with Crippen LogP contribution >= 0.6 is 0 Å². The van der Waals surface area contributed by atoms with Crippen LogP contribution < -0.4 is 0 Å². The van der Waals surface area contributed by atoms with Crippen LogP contribution in [0.3, 0.4) is 0 Å². The van der Waals surface area contributed by atoms with E-state index in [2.05, 4.69) is 39.7 Å². The summed E-state index contributed by atoms with van der Waals surface area (Å²) < 4.78 is 2.00. The molecule has 17 heavy (non-hydrogen) atoms. The molecule has 0 saturated heterocycles. The van der Waals surface area contributed by atoms with Crippen LogP contribution in [0.2, 0.25) is 0 Å². The van der Waals surface area contributed by atoms with Gasteiger partial charge < -0.3 is 5.11 Å². The van der Waals surface area contributed by atoms with Gasteiger partial charge in [0.25, 0.3) is 0 Å². The fraction of sp³-hybridized carbons (Fsp3) is 0.786. The van der Waals surface area contributed by atoms with Gasteiger partial charge in [-0.05, 0) is 12.8 Å². The minimum atomic E-state index is -0.0587. The number of rotatable bonds is 5. The maximum absolute atomic E-state index is 10.3. The molecule has 0 aliphatic heterocycles. The van der Waals surface area contributed by atoms with Gasteiger partial charge in [-0.3, -0.25) is 4.68 Å². The van der Waals surface area contributed by atoms with Gasteiger partial charge in [0.1, 0.15) is 5.69 Å². The van der Waals surface area contributed by atoms with Gasteiger partial charge in [-0.15, -0.1) is 0 Å². The van der Waals surface area contributed by atoms with Gasteiger partial charge in [0.05, 0.1) is 5.69 Å². The zero-order valence-corrected chi connectivity index (χ0v) is 11.9. The molecule has 0 unspecified atom stereocenters. The number of aromatic hydroxyl groups is 1. The largest absolute Gasteiger partial charge is 0.504 e. The summed E-state index contributed by atoms with van der Waals surface area (Å²) >= 11 is 0. The lowest BCUT2D eigenvalue weighted by atomic mass is 9.90. The van der Waals surface area contributed by atoms with Crippen molar-refractivity contribution >= 4 is 0 Å². The van der Waals surface area contributed by atoms with Gasteiger partial charge in [0.15, 0.2) is 5.75 Å². The second kappa shape index (κ2) is 5.56. The molecule has 0 amide bonds. The summed E-state index contributed by atoms with van der Waals surface area (Å²) in [6, 6.07) is 0. The lowest BCUT2D eigenvalue weighted by Crippen LogP contribution is -2.18. The third-order valence-corrected chi connectivity index (χ3v) is 2.92. The fourth-order valence-corrected chi connectivity index (χ4v) is 2.12. The molecule has 98 valence electrons. The van der Waals surface area contributed by atoms with E-state index in [1.54, 1.807) is 0 Å². The van der Waals surface area contributed by atoms with Gasteiger partial charge >= 0.3 is 0 Å². The molecule has 0 fully saturated rings. The second-order valence-corrected chi connectivity index (χ2v) is 5.72. The third-order valence-electron chi connectivity index (χ3n) is 2.92. The van der Waals surface area contributed by atoms with Crippen LogP contribution in [0, 0.1) is 0 Å². The number of aromatic nitrogens is 2. The second-order valence-electron chi connectivity index (χ2n) is 5.72. The Kier molecular flexibility index (Phi) is 4.61. The highest BCUT2D eigenvalue weighted by atomic mass is 16.3. The maximum atomic E-state index is 10.3. The highest BCUT2D eigenvalue weighted by molar-refractivity contribution is 5.36. The Morgan fingerprint density at radius 1 is 1.18 bits per heavy atom. The van der Waals surface area contributed by atoms with E-state index in [1.165, 1.54) is 0 Å². The third kappa shape index (κ3) is 3.24. The standard InChI is InChI=1S/C14H26N2O/c1-6-8-10-16-13(14(3,4)5)12(17)11(15-16)9-7-2/h17H,6-10H2,1-5H3. The summed E-state index contributed by atoms with van der Waals surface area (Å²) in [5, 5.41) is 14.9. The van der Waals surface area contributed by atoms with E-state index < -0.39 is 0 Å². The first kappa shape index (κ1) is 14.1. The SMILES string of the molecule is CCCCn1nc(CCC)c(O)c1C(C)(C)C. The van der Waals surface area contributed by atoms with E-state index in [9.17, 15) is 5.11 Å². The summed E-state index contributed by atoms with van der Waals surface area (Å²) in [4.78, 5) is 0. The Hall–Kier alpha value is -0.990. The van der Waals surface area contributed by atoms with E-state index in [0.717, 1.165) is 43.6 Å². The molecule has 3 heteroatoms. The maximum Gasteiger partial charge on any atom is 0.160 e. The van der Waals surface area contributed by atoms with E-state index in [1.807, 2.05) is 4.68 Å². The van der Waals surface area contributed by atoms with E-state index >= 15 is 0 Å². The molecule has 0 saturated carbocycles. The molecule has 0 aliphatic rings. The topological polar surface area (TPSA) is 38.0 Å². The van der Waals surface area contributed by atoms with Crippen molar-refractivity contribution in [2.75, 3.05) is 0 Å². The van der Waals surface area contributed by atoms with E-state index in [0.29, 0.717) is 5.75 Å². The number of aryl methyl sites for hydroxylation is 2. The first-order chi connectivity index (χ1) is 7.91. The van der Waals surface area contributed by atoms with Crippen molar-refractivity contribution in [3.8, 4) is 5.75 Å². The van der Waals surface area contributed by atoms with Crippen LogP contribution in [0.5, 0.6) is 5.75 Å². The van der Waals surface area contributed by atoms with Crippen LogP contribution in [0.1, 0.15) is 65.3 Å². The number of hydrogen-bond donors (Lipinski definition) is 1. The Morgan fingerprint density at radius 3 is 2.29 bits per heavy atom. The molecule has 1 aromatic heterocycles. The zero-order valence-electron chi connectivity index (χ0n) is 11.9. The van der Waals surface area contributed by atoms with Gasteiger partial charge in [-0.1, -0.05) is 47.5 Å². The van der Waals surface area contributed by atoms with Gasteiger partial charge in [0, 0.05) is 12.0 Å². The summed E-state index contributed by atoms with van der Waals surface area (Å²) in [5.41, 5.74) is 1.78. The molecular weight excluding hydrogens is 212 g/mol. The Bertz CT molecular complexity index is 361. The van der Waals surface area contributed by atoms with Crippen LogP contribution in [0.4, 0.5) is 0 Å². The number of hydrogen-bond acceptors (Lipinski definition) is 2. The predicted molar refractivity (Wildman–Crippen MR) is 71.5 cm³/mol. The summed E-state index contributed by atoms with van der Waals surface area (Å²) in [5.74, 6) is 0.412. The molecule has 3 nitrogen and oxygen atoms in total. The molecule has 0 spiro atoms. The first-order valence-corrected chi connectivity index (χ1v) is 6.70. The highest BCUT2D eigenvalue weighted by Gasteiger charge is 2.26. The average molecular weight is 238 g/mol. The van der Waals surface area contributed by atoms with E-state index in [4.69, 9.17) is 0 Å². The van der Waals surface area contributed by atoms with Crippen molar-refractivity contribution in [3.05, 3.63) is 11.4 Å². The summed E-state index contributed by atoms with van der Waals surface area (Å²) in [6.45, 7) is 11.6. The Balaban J connectivity index is 3.12. The number of nitrogens with zero attached hydrogens (tertiary/aromatic N) is 2. The van der Waals surface area contributed by atoms with Gasteiger partial charge in [-0.25, -0.2) is 0 Å². The molecule has 1 aromatic rings. The monoisotopic (exact) mass is 238 g/mol. The molecule has 1 rings (SSSR count). The zero-order chi connectivity index (χ0) is 13.1. The molecule has 0 atom stereocenters.